The quantitative estimate of drug-likeness (QED) is 0.577. The van der Waals surface area contributed by atoms with Crippen molar-refractivity contribution in [3.8, 4) is 22.2 Å². The van der Waals surface area contributed by atoms with E-state index < -0.39 is 0 Å². The molecule has 0 aliphatic carbocycles. The average molecular weight is 391 g/mol. The maximum Gasteiger partial charge on any atom is 0.235 e. The van der Waals surface area contributed by atoms with Crippen molar-refractivity contribution >= 4 is 32.2 Å². The van der Waals surface area contributed by atoms with Gasteiger partial charge in [-0.15, -0.1) is 10.2 Å². The summed E-state index contributed by atoms with van der Waals surface area (Å²) in [5, 5.41) is 21.1. The first-order chi connectivity index (χ1) is 11.1. The summed E-state index contributed by atoms with van der Waals surface area (Å²) in [6.45, 7) is 4.21. The van der Waals surface area contributed by atoms with Crippen molar-refractivity contribution in [2.75, 3.05) is 0 Å². The molecular weight excluding hydrogens is 380 g/mol. The molecule has 0 saturated heterocycles. The van der Waals surface area contributed by atoms with Crippen LogP contribution in [0.1, 0.15) is 25.5 Å². The van der Waals surface area contributed by atoms with E-state index in [9.17, 15) is 0 Å². The van der Waals surface area contributed by atoms with E-state index in [0.717, 1.165) is 20.9 Å². The molecule has 0 spiro atoms. The van der Waals surface area contributed by atoms with Gasteiger partial charge in [0.2, 0.25) is 10.8 Å². The van der Waals surface area contributed by atoms with E-state index >= 15 is 0 Å². The molecule has 23 heavy (non-hydrogen) atoms. The van der Waals surface area contributed by atoms with Crippen molar-refractivity contribution in [2.45, 2.75) is 19.8 Å². The van der Waals surface area contributed by atoms with Gasteiger partial charge in [-0.05, 0) is 21.8 Å². The molecule has 10 heteroatoms. The lowest BCUT2D eigenvalue weighted by molar-refractivity contribution is 0.807. The van der Waals surface area contributed by atoms with Crippen LogP contribution in [0.25, 0.3) is 27.2 Å². The standard InChI is InChI=1S/C13H11BrN8S/c1-6(2)9-8(14)10(18-17-9)12-21-22-11(19-20-13(22)23-12)7-5-15-3-4-16-7/h3-6H,1-2H3,(H,17,18). The minimum absolute atomic E-state index is 0.339. The largest absolute Gasteiger partial charge is 0.280 e. The molecule has 1 N–H and O–H groups in total. The molecule has 0 amide bonds. The topological polar surface area (TPSA) is 97.5 Å². The van der Waals surface area contributed by atoms with Gasteiger partial charge >= 0.3 is 0 Å². The number of aromatic nitrogens is 8. The highest BCUT2D eigenvalue weighted by Crippen LogP contribution is 2.35. The van der Waals surface area contributed by atoms with Crippen LogP contribution in [0.2, 0.25) is 0 Å². The van der Waals surface area contributed by atoms with Crippen molar-refractivity contribution in [2.24, 2.45) is 0 Å². The van der Waals surface area contributed by atoms with Crippen molar-refractivity contribution in [3.05, 3.63) is 28.8 Å². The van der Waals surface area contributed by atoms with Crippen LogP contribution in [0.15, 0.2) is 23.1 Å². The number of nitrogens with one attached hydrogen (secondary N) is 1. The van der Waals surface area contributed by atoms with E-state index in [1.807, 2.05) is 0 Å². The Labute approximate surface area is 143 Å². The van der Waals surface area contributed by atoms with Gasteiger partial charge < -0.3 is 0 Å². The fraction of sp³-hybridized carbons (Fsp3) is 0.231. The van der Waals surface area contributed by atoms with Gasteiger partial charge in [0.05, 0.1) is 16.4 Å². The maximum atomic E-state index is 4.58. The lowest BCUT2D eigenvalue weighted by Crippen LogP contribution is -1.93. The molecule has 4 heterocycles. The molecule has 0 bridgehead atoms. The zero-order valence-electron chi connectivity index (χ0n) is 12.2. The van der Waals surface area contributed by atoms with E-state index in [0.29, 0.717) is 22.4 Å². The normalized spacial score (nSPS) is 11.7. The lowest BCUT2D eigenvalue weighted by Gasteiger charge is -2.00. The van der Waals surface area contributed by atoms with Crippen LogP contribution in [-0.4, -0.2) is 40.0 Å². The van der Waals surface area contributed by atoms with Crippen LogP contribution in [0, 0.1) is 0 Å². The third-order valence-corrected chi connectivity index (χ3v) is 5.00. The fourth-order valence-electron chi connectivity index (χ4n) is 2.15. The van der Waals surface area contributed by atoms with Crippen molar-refractivity contribution in [1.82, 2.24) is 40.0 Å². The molecule has 0 aromatic carbocycles. The molecule has 0 atom stereocenters. The number of aromatic amines is 1. The van der Waals surface area contributed by atoms with E-state index in [-0.39, 0.29) is 0 Å². The molecule has 4 aromatic heterocycles. The second-order valence-corrected chi connectivity index (χ2v) is 6.92. The SMILES string of the molecule is CC(C)c1[nH]nc(-c2nn3c(-c4cnccn4)nnc3s2)c1Br. The Morgan fingerprint density at radius 1 is 1.26 bits per heavy atom. The van der Waals surface area contributed by atoms with Gasteiger partial charge in [-0.1, -0.05) is 25.2 Å². The zero-order valence-corrected chi connectivity index (χ0v) is 14.6. The van der Waals surface area contributed by atoms with E-state index in [1.165, 1.54) is 11.3 Å². The summed E-state index contributed by atoms with van der Waals surface area (Å²) in [4.78, 5) is 8.98. The molecule has 116 valence electrons. The lowest BCUT2D eigenvalue weighted by atomic mass is 10.1. The molecule has 0 unspecified atom stereocenters. The summed E-state index contributed by atoms with van der Waals surface area (Å²) in [5.74, 6) is 0.901. The summed E-state index contributed by atoms with van der Waals surface area (Å²) in [6.07, 6.45) is 4.86. The molecule has 4 rings (SSSR count). The summed E-state index contributed by atoms with van der Waals surface area (Å²) in [5.41, 5.74) is 2.44. The summed E-state index contributed by atoms with van der Waals surface area (Å²) < 4.78 is 2.60. The van der Waals surface area contributed by atoms with Gasteiger partial charge in [0, 0.05) is 12.4 Å². The predicted octanol–water partition coefficient (Wildman–Crippen LogP) is 2.92. The van der Waals surface area contributed by atoms with Gasteiger partial charge in [0.25, 0.3) is 0 Å². The number of nitrogens with zero attached hydrogens (tertiary/aromatic N) is 7. The average Bonchev–Trinajstić information content (AvgIpc) is 3.21. The van der Waals surface area contributed by atoms with Gasteiger partial charge in [-0.3, -0.25) is 10.1 Å². The van der Waals surface area contributed by atoms with Crippen LogP contribution in [0.4, 0.5) is 0 Å². The number of hydrogen-bond acceptors (Lipinski definition) is 7. The first-order valence-corrected chi connectivity index (χ1v) is 8.49. The van der Waals surface area contributed by atoms with Crippen LogP contribution in [0.3, 0.4) is 0 Å². The molecule has 0 aliphatic rings. The Hall–Kier alpha value is -2.20. The third kappa shape index (κ3) is 2.34. The Kier molecular flexibility index (Phi) is 3.42. The molecule has 4 aromatic rings. The number of hydrogen-bond donors (Lipinski definition) is 1. The summed E-state index contributed by atoms with van der Waals surface area (Å²) in [7, 11) is 0. The summed E-state index contributed by atoms with van der Waals surface area (Å²) in [6, 6.07) is 0. The number of rotatable bonds is 3. The fourth-order valence-corrected chi connectivity index (χ4v) is 3.94. The highest BCUT2D eigenvalue weighted by molar-refractivity contribution is 9.10. The Balaban J connectivity index is 1.83. The zero-order chi connectivity index (χ0) is 16.0. The summed E-state index contributed by atoms with van der Waals surface area (Å²) >= 11 is 5.03. The molecule has 0 saturated carbocycles. The molecule has 0 radical (unpaired) electrons. The Morgan fingerprint density at radius 3 is 2.83 bits per heavy atom. The first-order valence-electron chi connectivity index (χ1n) is 6.88. The van der Waals surface area contributed by atoms with Gasteiger partial charge in [0.1, 0.15) is 11.4 Å². The highest BCUT2D eigenvalue weighted by atomic mass is 79.9. The van der Waals surface area contributed by atoms with Crippen molar-refractivity contribution in [1.29, 1.82) is 0 Å². The number of H-pyrrole nitrogens is 1. The highest BCUT2D eigenvalue weighted by Gasteiger charge is 2.21. The number of fused-ring (bicyclic) bond motifs is 1. The van der Waals surface area contributed by atoms with E-state index in [1.54, 1.807) is 23.1 Å². The van der Waals surface area contributed by atoms with Crippen LogP contribution >= 0.6 is 27.3 Å². The van der Waals surface area contributed by atoms with Crippen LogP contribution < -0.4 is 0 Å². The second kappa shape index (κ2) is 5.46. The second-order valence-electron chi connectivity index (χ2n) is 5.17. The molecule has 0 aliphatic heterocycles. The molecule has 0 fully saturated rings. The van der Waals surface area contributed by atoms with E-state index in [2.05, 4.69) is 65.2 Å². The van der Waals surface area contributed by atoms with E-state index in [4.69, 9.17) is 0 Å². The number of halogens is 1. The van der Waals surface area contributed by atoms with Gasteiger partial charge in [-0.25, -0.2) is 4.98 Å². The van der Waals surface area contributed by atoms with Crippen LogP contribution in [-0.2, 0) is 0 Å². The molecule has 8 nitrogen and oxygen atoms in total. The van der Waals surface area contributed by atoms with Crippen LogP contribution in [0.5, 0.6) is 0 Å². The molecular formula is C13H11BrN8S. The van der Waals surface area contributed by atoms with Crippen molar-refractivity contribution < 1.29 is 0 Å². The van der Waals surface area contributed by atoms with Gasteiger partial charge in [0.15, 0.2) is 5.01 Å². The maximum absolute atomic E-state index is 4.58. The Morgan fingerprint density at radius 2 is 2.13 bits per heavy atom. The minimum atomic E-state index is 0.339. The van der Waals surface area contributed by atoms with Crippen molar-refractivity contribution in [3.63, 3.8) is 0 Å². The minimum Gasteiger partial charge on any atom is -0.280 e. The first kappa shape index (κ1) is 14.4. The monoisotopic (exact) mass is 390 g/mol. The Bertz CT molecular complexity index is 971. The predicted molar refractivity (Wildman–Crippen MR) is 89.1 cm³/mol. The van der Waals surface area contributed by atoms with Gasteiger partial charge in [-0.2, -0.15) is 14.7 Å². The smallest absolute Gasteiger partial charge is 0.235 e. The third-order valence-electron chi connectivity index (χ3n) is 3.30.